The number of alkyl halides is 3. The van der Waals surface area contributed by atoms with Gasteiger partial charge >= 0.3 is 6.18 Å². The third-order valence-corrected chi connectivity index (χ3v) is 5.07. The lowest BCUT2D eigenvalue weighted by molar-refractivity contribution is -0.137. The molecule has 0 spiro atoms. The van der Waals surface area contributed by atoms with E-state index in [2.05, 4.69) is 29.7 Å². The van der Waals surface area contributed by atoms with Gasteiger partial charge in [-0.25, -0.2) is 0 Å². The molecule has 4 rings (SSSR count). The van der Waals surface area contributed by atoms with Gasteiger partial charge in [0.05, 0.1) is 17.2 Å². The summed E-state index contributed by atoms with van der Waals surface area (Å²) in [6, 6.07) is 20.9. The minimum absolute atomic E-state index is 0.317. The topological polar surface area (TPSA) is 28.7 Å². The normalized spacial score (nSPS) is 12.4. The quantitative estimate of drug-likeness (QED) is 0.276. The fraction of sp³-hybridized carbons (Fsp3) is 0.125. The van der Waals surface area contributed by atoms with E-state index in [1.54, 1.807) is 6.08 Å². The van der Waals surface area contributed by atoms with Crippen LogP contribution in [-0.2, 0) is 12.7 Å². The Hall–Kier alpha value is -3.52. The van der Waals surface area contributed by atoms with Crippen LogP contribution in [0.1, 0.15) is 23.6 Å². The number of nitrogens with zero attached hydrogens (tertiary/aromatic N) is 2. The van der Waals surface area contributed by atoms with E-state index in [9.17, 15) is 18.4 Å². The number of halogens is 3. The molecule has 0 aliphatic carbocycles. The summed E-state index contributed by atoms with van der Waals surface area (Å²) >= 11 is 0. The molecule has 1 aromatic heterocycles. The molecule has 2 nitrogen and oxygen atoms in total. The van der Waals surface area contributed by atoms with E-state index in [4.69, 9.17) is 0 Å². The van der Waals surface area contributed by atoms with Crippen LogP contribution in [0.15, 0.2) is 66.7 Å². The van der Waals surface area contributed by atoms with Gasteiger partial charge in [-0.05, 0) is 54.5 Å². The van der Waals surface area contributed by atoms with Crippen molar-refractivity contribution >= 4 is 33.5 Å². The summed E-state index contributed by atoms with van der Waals surface area (Å²) in [5.74, 6) is 0. The largest absolute Gasteiger partial charge is 0.416 e. The first-order valence-electron chi connectivity index (χ1n) is 9.23. The maximum Gasteiger partial charge on any atom is 0.416 e. The second-order valence-corrected chi connectivity index (χ2v) is 6.78. The van der Waals surface area contributed by atoms with E-state index in [1.165, 1.54) is 12.1 Å². The molecule has 0 N–H and O–H groups in total. The van der Waals surface area contributed by atoms with Gasteiger partial charge in [0.2, 0.25) is 0 Å². The van der Waals surface area contributed by atoms with Crippen molar-refractivity contribution in [2.45, 2.75) is 19.6 Å². The molecule has 3 aromatic carbocycles. The molecule has 144 valence electrons. The molecule has 5 heteroatoms. The zero-order valence-corrected chi connectivity index (χ0v) is 15.7. The monoisotopic (exact) mass is 390 g/mol. The van der Waals surface area contributed by atoms with Crippen molar-refractivity contribution in [1.82, 2.24) is 4.57 Å². The maximum atomic E-state index is 12.8. The Kier molecular flexibility index (Phi) is 4.63. The number of benzene rings is 3. The summed E-state index contributed by atoms with van der Waals surface area (Å²) in [4.78, 5) is 0. The van der Waals surface area contributed by atoms with Gasteiger partial charge in [0, 0.05) is 28.4 Å². The number of hydrogen-bond acceptors (Lipinski definition) is 1. The van der Waals surface area contributed by atoms with E-state index in [0.29, 0.717) is 11.1 Å². The molecule has 0 fully saturated rings. The van der Waals surface area contributed by atoms with Crippen LogP contribution < -0.4 is 0 Å². The number of para-hydroxylation sites is 1. The number of rotatable bonds is 3. The minimum Gasteiger partial charge on any atom is -0.341 e. The Balaban J connectivity index is 1.80. The lowest BCUT2D eigenvalue weighted by atomic mass is 10.0. The first kappa shape index (κ1) is 18.8. The third-order valence-electron chi connectivity index (χ3n) is 5.07. The van der Waals surface area contributed by atoms with Crippen molar-refractivity contribution in [3.8, 4) is 6.07 Å². The summed E-state index contributed by atoms with van der Waals surface area (Å²) in [5.41, 5.74) is 3.13. The van der Waals surface area contributed by atoms with Crippen LogP contribution in [0, 0.1) is 11.3 Å². The number of hydrogen-bond donors (Lipinski definition) is 0. The zero-order chi connectivity index (χ0) is 20.6. The summed E-state index contributed by atoms with van der Waals surface area (Å²) in [5, 5.41) is 11.8. The van der Waals surface area contributed by atoms with E-state index in [-0.39, 0.29) is 0 Å². The first-order chi connectivity index (χ1) is 13.9. The van der Waals surface area contributed by atoms with Crippen LogP contribution in [0.25, 0.3) is 33.5 Å². The second-order valence-electron chi connectivity index (χ2n) is 6.78. The highest BCUT2D eigenvalue weighted by Crippen LogP contribution is 2.32. The Morgan fingerprint density at radius 2 is 1.66 bits per heavy atom. The molecule has 0 aliphatic rings. The van der Waals surface area contributed by atoms with Gasteiger partial charge in [0.15, 0.2) is 0 Å². The molecule has 0 amide bonds. The molecule has 0 atom stereocenters. The highest BCUT2D eigenvalue weighted by Gasteiger charge is 2.30. The summed E-state index contributed by atoms with van der Waals surface area (Å²) in [6.45, 7) is 2.94. The molecule has 0 saturated heterocycles. The van der Waals surface area contributed by atoms with Gasteiger partial charge in [-0.3, -0.25) is 0 Å². The summed E-state index contributed by atoms with van der Waals surface area (Å²) in [7, 11) is 0. The summed E-state index contributed by atoms with van der Waals surface area (Å²) in [6.07, 6.45) is -2.69. The lowest BCUT2D eigenvalue weighted by Crippen LogP contribution is -2.04. The van der Waals surface area contributed by atoms with Crippen LogP contribution in [0.3, 0.4) is 0 Å². The maximum absolute atomic E-state index is 12.8. The average Bonchev–Trinajstić information content (AvgIpc) is 3.04. The number of nitriles is 1. The van der Waals surface area contributed by atoms with Crippen LogP contribution in [0.2, 0.25) is 0 Å². The molecule has 0 bridgehead atoms. The van der Waals surface area contributed by atoms with Crippen LogP contribution in [-0.4, -0.2) is 4.57 Å². The second kappa shape index (κ2) is 7.14. The van der Waals surface area contributed by atoms with Gasteiger partial charge in [0.1, 0.15) is 0 Å². The Labute approximate surface area is 166 Å². The van der Waals surface area contributed by atoms with Gasteiger partial charge in [-0.2, -0.15) is 18.4 Å². The fourth-order valence-electron chi connectivity index (χ4n) is 3.69. The molecule has 0 saturated carbocycles. The Morgan fingerprint density at radius 1 is 0.966 bits per heavy atom. The van der Waals surface area contributed by atoms with Crippen molar-refractivity contribution in [2.75, 3.05) is 0 Å². The highest BCUT2D eigenvalue weighted by molar-refractivity contribution is 6.09. The molecule has 4 aromatic rings. The minimum atomic E-state index is -4.40. The molecule has 0 radical (unpaired) electrons. The molecular formula is C24H17F3N2. The zero-order valence-electron chi connectivity index (χ0n) is 15.7. The van der Waals surface area contributed by atoms with Gasteiger partial charge in [0.25, 0.3) is 0 Å². The number of allylic oxidation sites excluding steroid dienone is 1. The fourth-order valence-corrected chi connectivity index (χ4v) is 3.69. The predicted octanol–water partition coefficient (Wildman–Crippen LogP) is 6.90. The molecular weight excluding hydrogens is 373 g/mol. The number of aryl methyl sites for hydroxylation is 1. The Morgan fingerprint density at radius 3 is 2.31 bits per heavy atom. The van der Waals surface area contributed by atoms with Crippen molar-refractivity contribution in [3.05, 3.63) is 83.4 Å². The van der Waals surface area contributed by atoms with Crippen LogP contribution in [0.5, 0.6) is 0 Å². The number of aromatic nitrogens is 1. The van der Waals surface area contributed by atoms with Gasteiger partial charge < -0.3 is 4.57 Å². The third kappa shape index (κ3) is 3.38. The van der Waals surface area contributed by atoms with E-state index >= 15 is 0 Å². The Bertz CT molecular complexity index is 1270. The molecule has 0 aliphatic heterocycles. The van der Waals surface area contributed by atoms with Gasteiger partial charge in [-0.1, -0.05) is 36.4 Å². The van der Waals surface area contributed by atoms with E-state index in [1.807, 2.05) is 30.3 Å². The smallest absolute Gasteiger partial charge is 0.341 e. The highest BCUT2D eigenvalue weighted by atomic mass is 19.4. The number of fused-ring (bicyclic) bond motifs is 3. The first-order valence-corrected chi connectivity index (χ1v) is 9.23. The summed E-state index contributed by atoms with van der Waals surface area (Å²) < 4.78 is 40.6. The SMILES string of the molecule is CCn1c2ccccc2c2cc(C=C(C#N)c3ccc(C(F)(F)F)cc3)ccc21. The molecule has 1 heterocycles. The van der Waals surface area contributed by atoms with E-state index in [0.717, 1.165) is 46.0 Å². The van der Waals surface area contributed by atoms with Gasteiger partial charge in [-0.15, -0.1) is 0 Å². The van der Waals surface area contributed by atoms with Crippen LogP contribution >= 0.6 is 0 Å². The molecule has 29 heavy (non-hydrogen) atoms. The van der Waals surface area contributed by atoms with Crippen molar-refractivity contribution in [3.63, 3.8) is 0 Å². The van der Waals surface area contributed by atoms with Crippen molar-refractivity contribution < 1.29 is 13.2 Å². The average molecular weight is 390 g/mol. The van der Waals surface area contributed by atoms with E-state index < -0.39 is 11.7 Å². The van der Waals surface area contributed by atoms with Crippen molar-refractivity contribution in [2.24, 2.45) is 0 Å². The van der Waals surface area contributed by atoms with Crippen molar-refractivity contribution in [1.29, 1.82) is 5.26 Å². The van der Waals surface area contributed by atoms with Crippen LogP contribution in [0.4, 0.5) is 13.2 Å². The standard InChI is InChI=1S/C24H17F3N2/c1-2-29-22-6-4-3-5-20(22)21-14-16(7-12-23(21)29)13-18(15-28)17-8-10-19(11-9-17)24(25,26)27/h3-14H,2H2,1H3. The lowest BCUT2D eigenvalue weighted by Gasteiger charge is -2.07. The molecule has 0 unspecified atom stereocenters. The predicted molar refractivity (Wildman–Crippen MR) is 110 cm³/mol.